The molecular weight excluding hydrogens is 232 g/mol. The zero-order valence-corrected chi connectivity index (χ0v) is 10.3. The summed E-state index contributed by atoms with van der Waals surface area (Å²) in [5.41, 5.74) is 6.05. The van der Waals surface area contributed by atoms with Crippen molar-refractivity contribution in [3.8, 4) is 0 Å². The molecule has 17 heavy (non-hydrogen) atoms. The van der Waals surface area contributed by atoms with Crippen LogP contribution in [0.4, 0.5) is 5.69 Å². The Kier molecular flexibility index (Phi) is 3.78. The van der Waals surface area contributed by atoms with Crippen molar-refractivity contribution >= 4 is 23.5 Å². The minimum absolute atomic E-state index is 0.697. The molecule has 0 atom stereocenters. The van der Waals surface area contributed by atoms with Crippen LogP contribution in [0.2, 0.25) is 5.02 Å². The highest BCUT2D eigenvalue weighted by Gasteiger charge is 1.95. The number of benzene rings is 2. The van der Waals surface area contributed by atoms with Gasteiger partial charge in [-0.15, -0.1) is 0 Å². The number of anilines is 1. The van der Waals surface area contributed by atoms with Crippen LogP contribution in [0.1, 0.15) is 11.1 Å². The number of nitrogens with one attached hydrogen (secondary N) is 1. The fourth-order valence-electron chi connectivity index (χ4n) is 1.45. The molecule has 0 unspecified atom stereocenters. The summed E-state index contributed by atoms with van der Waals surface area (Å²) < 4.78 is 0. The molecule has 2 aromatic rings. The van der Waals surface area contributed by atoms with Crippen molar-refractivity contribution < 1.29 is 0 Å². The van der Waals surface area contributed by atoms with Gasteiger partial charge in [0.05, 0.1) is 11.9 Å². The van der Waals surface area contributed by atoms with Gasteiger partial charge >= 0.3 is 0 Å². The Balaban J connectivity index is 2.09. The van der Waals surface area contributed by atoms with E-state index in [1.165, 1.54) is 0 Å². The molecule has 2 aromatic carbocycles. The van der Waals surface area contributed by atoms with Crippen LogP contribution in [0.3, 0.4) is 0 Å². The molecule has 2 nitrogen and oxygen atoms in total. The van der Waals surface area contributed by atoms with Crippen LogP contribution in [0.5, 0.6) is 0 Å². The third kappa shape index (κ3) is 3.08. The molecule has 0 amide bonds. The van der Waals surface area contributed by atoms with Crippen molar-refractivity contribution in [1.82, 2.24) is 0 Å². The van der Waals surface area contributed by atoms with Gasteiger partial charge in [-0.1, -0.05) is 48.0 Å². The van der Waals surface area contributed by atoms with Gasteiger partial charge < -0.3 is 0 Å². The van der Waals surface area contributed by atoms with Crippen LogP contribution < -0.4 is 5.43 Å². The van der Waals surface area contributed by atoms with Crippen molar-refractivity contribution in [2.75, 3.05) is 5.43 Å². The third-order valence-corrected chi connectivity index (χ3v) is 2.78. The van der Waals surface area contributed by atoms with Crippen LogP contribution in [-0.4, -0.2) is 6.21 Å². The maximum atomic E-state index is 6.02. The Bertz CT molecular complexity index is 535. The fourth-order valence-corrected chi connectivity index (χ4v) is 1.63. The summed E-state index contributed by atoms with van der Waals surface area (Å²) in [6.45, 7) is 2.04. The van der Waals surface area contributed by atoms with Crippen molar-refractivity contribution in [2.24, 2.45) is 5.10 Å². The Labute approximate surface area is 106 Å². The Morgan fingerprint density at radius 2 is 1.76 bits per heavy atom. The van der Waals surface area contributed by atoms with Gasteiger partial charge in [0.25, 0.3) is 0 Å². The second-order valence-electron chi connectivity index (χ2n) is 3.71. The summed E-state index contributed by atoms with van der Waals surface area (Å²) in [5.74, 6) is 0. The van der Waals surface area contributed by atoms with Crippen molar-refractivity contribution in [2.45, 2.75) is 6.92 Å². The van der Waals surface area contributed by atoms with E-state index in [1.807, 2.05) is 55.5 Å². The van der Waals surface area contributed by atoms with Gasteiger partial charge in [0.1, 0.15) is 0 Å². The van der Waals surface area contributed by atoms with Crippen LogP contribution in [0.15, 0.2) is 53.6 Å². The van der Waals surface area contributed by atoms with E-state index in [1.54, 1.807) is 6.21 Å². The van der Waals surface area contributed by atoms with Gasteiger partial charge in [-0.05, 0) is 24.6 Å². The first-order valence-electron chi connectivity index (χ1n) is 5.36. The van der Waals surface area contributed by atoms with Gasteiger partial charge in [-0.25, -0.2) is 0 Å². The summed E-state index contributed by atoms with van der Waals surface area (Å²) in [6.07, 6.45) is 1.72. The molecule has 3 heteroatoms. The first-order chi connectivity index (χ1) is 8.27. The van der Waals surface area contributed by atoms with Crippen molar-refractivity contribution in [1.29, 1.82) is 0 Å². The highest BCUT2D eigenvalue weighted by molar-refractivity contribution is 6.33. The predicted molar refractivity (Wildman–Crippen MR) is 73.8 cm³/mol. The zero-order valence-electron chi connectivity index (χ0n) is 9.52. The minimum Gasteiger partial charge on any atom is -0.278 e. The molecule has 0 fully saturated rings. The lowest BCUT2D eigenvalue weighted by Crippen LogP contribution is -1.93. The van der Waals surface area contributed by atoms with E-state index in [0.29, 0.717) is 5.02 Å². The molecule has 86 valence electrons. The first-order valence-corrected chi connectivity index (χ1v) is 5.74. The number of nitrogens with zero attached hydrogens (tertiary/aromatic N) is 1. The van der Waals surface area contributed by atoms with Crippen LogP contribution in [0, 0.1) is 6.92 Å². The van der Waals surface area contributed by atoms with E-state index >= 15 is 0 Å². The number of aryl methyl sites for hydroxylation is 1. The first kappa shape index (κ1) is 11.7. The van der Waals surface area contributed by atoms with Crippen LogP contribution in [0.25, 0.3) is 0 Å². The predicted octanol–water partition coefficient (Wildman–Crippen LogP) is 4.09. The number of para-hydroxylation sites is 1. The minimum atomic E-state index is 0.697. The molecule has 2 rings (SSSR count). The molecule has 0 aliphatic carbocycles. The van der Waals surface area contributed by atoms with E-state index < -0.39 is 0 Å². The molecule has 0 saturated carbocycles. The lowest BCUT2D eigenvalue weighted by atomic mass is 10.2. The molecule has 0 saturated heterocycles. The number of hydrogen-bond acceptors (Lipinski definition) is 2. The fraction of sp³-hybridized carbons (Fsp3) is 0.0714. The Hall–Kier alpha value is -1.80. The monoisotopic (exact) mass is 244 g/mol. The summed E-state index contributed by atoms with van der Waals surface area (Å²) >= 11 is 6.02. The molecule has 0 radical (unpaired) electrons. The van der Waals surface area contributed by atoms with E-state index in [-0.39, 0.29) is 0 Å². The Morgan fingerprint density at radius 1 is 1.06 bits per heavy atom. The molecule has 0 heterocycles. The summed E-state index contributed by atoms with van der Waals surface area (Å²) in [6, 6.07) is 15.6. The van der Waals surface area contributed by atoms with Crippen molar-refractivity contribution in [3.63, 3.8) is 0 Å². The maximum absolute atomic E-state index is 6.02. The lowest BCUT2D eigenvalue weighted by Gasteiger charge is -2.03. The van der Waals surface area contributed by atoms with Crippen LogP contribution in [-0.2, 0) is 0 Å². The van der Waals surface area contributed by atoms with Gasteiger partial charge in [0.2, 0.25) is 0 Å². The van der Waals surface area contributed by atoms with E-state index in [9.17, 15) is 0 Å². The third-order valence-electron chi connectivity index (χ3n) is 2.44. The molecule has 0 aliphatic rings. The number of hydrogen-bond donors (Lipinski definition) is 1. The van der Waals surface area contributed by atoms with E-state index in [2.05, 4.69) is 10.5 Å². The van der Waals surface area contributed by atoms with Gasteiger partial charge in [0.15, 0.2) is 0 Å². The van der Waals surface area contributed by atoms with E-state index in [0.717, 1.165) is 16.8 Å². The maximum Gasteiger partial charge on any atom is 0.0590 e. The Morgan fingerprint density at radius 3 is 2.53 bits per heavy atom. The summed E-state index contributed by atoms with van der Waals surface area (Å²) in [7, 11) is 0. The topological polar surface area (TPSA) is 24.4 Å². The average Bonchev–Trinajstić information content (AvgIpc) is 2.34. The molecular formula is C14H13ClN2. The highest BCUT2D eigenvalue weighted by atomic mass is 35.5. The normalized spacial score (nSPS) is 10.7. The largest absolute Gasteiger partial charge is 0.278 e. The number of halogens is 1. The van der Waals surface area contributed by atoms with Crippen LogP contribution >= 0.6 is 11.6 Å². The molecule has 1 N–H and O–H groups in total. The molecule has 0 aliphatic heterocycles. The molecule has 0 aromatic heterocycles. The summed E-state index contributed by atoms with van der Waals surface area (Å²) in [4.78, 5) is 0. The highest BCUT2D eigenvalue weighted by Crippen LogP contribution is 2.14. The number of hydrazone groups is 1. The van der Waals surface area contributed by atoms with Gasteiger partial charge in [-0.2, -0.15) is 5.10 Å². The smallest absolute Gasteiger partial charge is 0.0590 e. The number of rotatable bonds is 3. The molecule has 0 spiro atoms. The zero-order chi connectivity index (χ0) is 12.1. The second-order valence-corrected chi connectivity index (χ2v) is 4.11. The summed E-state index contributed by atoms with van der Waals surface area (Å²) in [5, 5.41) is 4.87. The quantitative estimate of drug-likeness (QED) is 0.638. The second kappa shape index (κ2) is 5.51. The lowest BCUT2D eigenvalue weighted by molar-refractivity contribution is 1.31. The van der Waals surface area contributed by atoms with Gasteiger partial charge in [-0.3, -0.25) is 5.43 Å². The van der Waals surface area contributed by atoms with E-state index in [4.69, 9.17) is 11.6 Å². The van der Waals surface area contributed by atoms with Gasteiger partial charge in [0, 0.05) is 10.6 Å². The molecule has 0 bridgehead atoms. The SMILES string of the molecule is Cc1ccccc1N/N=C\c1ccccc1Cl. The average molecular weight is 245 g/mol. The standard InChI is InChI=1S/C14H13ClN2/c1-11-6-2-5-9-14(11)17-16-10-12-7-3-4-8-13(12)15/h2-10,17H,1H3/b16-10-. The van der Waals surface area contributed by atoms with Crippen molar-refractivity contribution in [3.05, 3.63) is 64.7 Å².